The van der Waals surface area contributed by atoms with Gasteiger partial charge in [0, 0.05) is 60.7 Å². The van der Waals surface area contributed by atoms with Gasteiger partial charge < -0.3 is 39.9 Å². The average Bonchev–Trinajstić information content (AvgIpc) is 3.94. The Kier molecular flexibility index (Phi) is 24.5. The van der Waals surface area contributed by atoms with E-state index < -0.39 is 71.9 Å². The van der Waals surface area contributed by atoms with Gasteiger partial charge in [-0.3, -0.25) is 38.5 Å². The quantitative estimate of drug-likeness (QED) is 0.0501. The summed E-state index contributed by atoms with van der Waals surface area (Å²) in [5.74, 6) is -5.02. The number of amides is 7. The van der Waals surface area contributed by atoms with Gasteiger partial charge in [-0.15, -0.1) is 11.8 Å². The summed E-state index contributed by atoms with van der Waals surface area (Å²) >= 11 is 1.56. The van der Waals surface area contributed by atoms with Gasteiger partial charge in [0.2, 0.25) is 41.4 Å². The summed E-state index contributed by atoms with van der Waals surface area (Å²) in [4.78, 5) is 115. The van der Waals surface area contributed by atoms with Crippen molar-refractivity contribution in [1.82, 2.24) is 30.2 Å². The third-order valence-electron chi connectivity index (χ3n) is 16.3. The second-order valence-electron chi connectivity index (χ2n) is 24.1. The molecule has 434 valence electrons. The number of likely N-dealkylation sites (tertiary alicyclic amines) is 2. The Balaban J connectivity index is 1.40. The van der Waals surface area contributed by atoms with Gasteiger partial charge in [0.15, 0.2) is 0 Å². The molecule has 2 heterocycles. The van der Waals surface area contributed by atoms with Crippen LogP contribution in [0.3, 0.4) is 0 Å². The number of hydrogen-bond donors (Lipinski definition) is 3. The molecule has 77 heavy (non-hydrogen) atoms. The van der Waals surface area contributed by atoms with Gasteiger partial charge in [-0.25, -0.2) is 9.18 Å². The van der Waals surface area contributed by atoms with Gasteiger partial charge in [0.1, 0.15) is 23.9 Å². The fourth-order valence-corrected chi connectivity index (χ4v) is 12.4. The zero-order chi connectivity index (χ0) is 57.7. The van der Waals surface area contributed by atoms with Crippen molar-refractivity contribution in [3.8, 4) is 0 Å². The normalized spacial score (nSPS) is 20.4. The number of carboxylic acid groups (broad SMARTS) is 1. The zero-order valence-electron chi connectivity index (χ0n) is 48.7. The fraction of sp³-hybridized carbons (Fsp3) is 0.759. The molecule has 3 aliphatic rings. The Hall–Kier alpha value is -4.62. The predicted molar refractivity (Wildman–Crippen MR) is 296 cm³/mol. The number of methoxy groups -OCH3 is 2. The molecule has 4 unspecified atom stereocenters. The zero-order valence-corrected chi connectivity index (χ0v) is 49.5. The van der Waals surface area contributed by atoms with E-state index in [0.29, 0.717) is 45.2 Å². The standard InChI is InChI=1S/C58H93FN6O11S/c1-15-37(6)50(43(75-13)31-46(67)65-34-58(26-27-58)33-42(65)51(76-14)38(7)52(69)60-41(56(73)74)30-39-22-18-19-23-40(39)59)63(12)55(72)48(35(2)3)61-53(70)49(36(4)5)62(11)45(66)24-17-16-20-28-64-47(68)32-44(54(64)71)77-29-21-25-57(8,9)10/h18-19,22-23,35-38,41-44,48-51H,15-17,20-21,24-34H2,1-14H3,(H,60,69)(H,61,70)(H,73,74)/t37-,38+,41?,42-,43+,44?,48-,49-,50?,51?/m0/s1. The molecular formula is C58H93FN6O11S. The lowest BCUT2D eigenvalue weighted by atomic mass is 9.89. The van der Waals surface area contributed by atoms with Crippen LogP contribution >= 0.6 is 11.8 Å². The van der Waals surface area contributed by atoms with Crippen LogP contribution in [0.5, 0.6) is 0 Å². The van der Waals surface area contributed by atoms with E-state index in [1.165, 1.54) is 42.2 Å². The first-order valence-electron chi connectivity index (χ1n) is 28.0. The summed E-state index contributed by atoms with van der Waals surface area (Å²) in [5, 5.41) is 15.2. The third kappa shape index (κ3) is 17.7. The van der Waals surface area contributed by atoms with E-state index in [1.54, 1.807) is 48.6 Å². The number of ether oxygens (including phenoxy) is 2. The summed E-state index contributed by atoms with van der Waals surface area (Å²) < 4.78 is 26.6. The second-order valence-corrected chi connectivity index (χ2v) is 25.4. The number of benzene rings is 1. The fourth-order valence-electron chi connectivity index (χ4n) is 11.3. The lowest BCUT2D eigenvalue weighted by Crippen LogP contribution is -2.60. The first kappa shape index (κ1) is 64.9. The van der Waals surface area contributed by atoms with E-state index in [0.717, 1.165) is 31.4 Å². The van der Waals surface area contributed by atoms with Crippen molar-refractivity contribution >= 4 is 59.1 Å². The lowest BCUT2D eigenvalue weighted by molar-refractivity contribution is -0.149. The Morgan fingerprint density at radius 2 is 1.56 bits per heavy atom. The van der Waals surface area contributed by atoms with Crippen LogP contribution in [0.1, 0.15) is 152 Å². The maximum absolute atomic E-state index is 14.8. The monoisotopic (exact) mass is 1100 g/mol. The first-order valence-corrected chi connectivity index (χ1v) is 29.1. The number of rotatable bonds is 31. The minimum atomic E-state index is -1.41. The van der Waals surface area contributed by atoms with Crippen LogP contribution in [0.15, 0.2) is 24.3 Å². The molecule has 1 aromatic carbocycles. The maximum atomic E-state index is 14.8. The van der Waals surface area contributed by atoms with Crippen molar-refractivity contribution in [2.24, 2.45) is 34.5 Å². The second kappa shape index (κ2) is 29.0. The highest BCUT2D eigenvalue weighted by molar-refractivity contribution is 8.00. The highest BCUT2D eigenvalue weighted by Gasteiger charge is 2.56. The molecule has 17 nitrogen and oxygen atoms in total. The highest BCUT2D eigenvalue weighted by atomic mass is 32.2. The van der Waals surface area contributed by atoms with Gasteiger partial charge in [-0.1, -0.05) is 100 Å². The van der Waals surface area contributed by atoms with Gasteiger partial charge in [-0.05, 0) is 90.9 Å². The summed E-state index contributed by atoms with van der Waals surface area (Å²) in [7, 11) is 6.21. The van der Waals surface area contributed by atoms with Crippen LogP contribution in [0, 0.1) is 40.3 Å². The molecule has 3 fully saturated rings. The van der Waals surface area contributed by atoms with Crippen molar-refractivity contribution in [1.29, 1.82) is 0 Å². The number of nitrogens with zero attached hydrogens (tertiary/aromatic N) is 4. The third-order valence-corrected chi connectivity index (χ3v) is 17.6. The molecule has 10 atom stereocenters. The van der Waals surface area contributed by atoms with Crippen molar-refractivity contribution in [2.75, 3.05) is 47.2 Å². The van der Waals surface area contributed by atoms with Gasteiger partial charge in [0.05, 0.1) is 41.9 Å². The maximum Gasteiger partial charge on any atom is 0.326 e. The van der Waals surface area contributed by atoms with E-state index >= 15 is 0 Å². The van der Waals surface area contributed by atoms with Gasteiger partial charge in [0.25, 0.3) is 0 Å². The molecule has 1 aliphatic carbocycles. The topological polar surface area (TPSA) is 212 Å². The molecule has 2 saturated heterocycles. The van der Waals surface area contributed by atoms with E-state index in [9.17, 15) is 47.9 Å². The van der Waals surface area contributed by atoms with Gasteiger partial charge in [-0.2, -0.15) is 0 Å². The largest absolute Gasteiger partial charge is 0.480 e. The summed E-state index contributed by atoms with van der Waals surface area (Å²) in [6, 6.07) is 1.36. The molecule has 1 aromatic rings. The lowest BCUT2D eigenvalue weighted by Gasteiger charge is -2.41. The number of likely N-dealkylation sites (N-methyl/N-ethyl adjacent to an activating group) is 2. The minimum absolute atomic E-state index is 0.108. The molecule has 2 aliphatic heterocycles. The van der Waals surface area contributed by atoms with E-state index in [1.807, 2.05) is 41.5 Å². The molecule has 1 spiro atoms. The Labute approximate surface area is 462 Å². The molecule has 19 heteroatoms. The Morgan fingerprint density at radius 1 is 0.896 bits per heavy atom. The summed E-state index contributed by atoms with van der Waals surface area (Å²) in [5.41, 5.74) is 0.224. The number of unbranched alkanes of at least 4 members (excludes halogenated alkanes) is 2. The van der Waals surface area contributed by atoms with E-state index in [2.05, 4.69) is 31.4 Å². The molecule has 3 N–H and O–H groups in total. The number of carbonyl (C=O) groups is 8. The summed E-state index contributed by atoms with van der Waals surface area (Å²) in [6.07, 6.45) is 5.13. The molecule has 1 saturated carbocycles. The van der Waals surface area contributed by atoms with Crippen LogP contribution in [0.2, 0.25) is 0 Å². The number of carboxylic acids is 1. The van der Waals surface area contributed by atoms with Crippen molar-refractivity contribution < 1.29 is 57.3 Å². The number of carbonyl (C=O) groups excluding carboxylic acids is 7. The molecule has 4 rings (SSSR count). The number of imide groups is 1. The average molecular weight is 1100 g/mol. The Bertz CT molecular complexity index is 2200. The number of aliphatic carboxylic acids is 1. The van der Waals surface area contributed by atoms with Crippen LogP contribution < -0.4 is 10.6 Å². The number of halogens is 1. The van der Waals surface area contributed by atoms with E-state index in [4.69, 9.17) is 9.47 Å². The number of hydrogen-bond acceptors (Lipinski definition) is 11. The first-order chi connectivity index (χ1) is 36.1. The van der Waals surface area contributed by atoms with Crippen LogP contribution in [0.25, 0.3) is 0 Å². The predicted octanol–water partition coefficient (Wildman–Crippen LogP) is 7.12. The highest BCUT2D eigenvalue weighted by Crippen LogP contribution is 2.56. The van der Waals surface area contributed by atoms with Crippen LogP contribution in [-0.4, -0.2) is 167 Å². The number of nitrogens with one attached hydrogen (secondary N) is 2. The van der Waals surface area contributed by atoms with Crippen LogP contribution in [0.4, 0.5) is 4.39 Å². The molecular weight excluding hydrogens is 1010 g/mol. The molecule has 0 bridgehead atoms. The molecule has 0 radical (unpaired) electrons. The van der Waals surface area contributed by atoms with Crippen molar-refractivity contribution in [2.45, 2.75) is 200 Å². The Morgan fingerprint density at radius 3 is 2.12 bits per heavy atom. The molecule has 7 amide bonds. The van der Waals surface area contributed by atoms with E-state index in [-0.39, 0.29) is 94.6 Å². The minimum Gasteiger partial charge on any atom is -0.480 e. The van der Waals surface area contributed by atoms with Crippen LogP contribution in [-0.2, 0) is 54.3 Å². The summed E-state index contributed by atoms with van der Waals surface area (Å²) in [6.45, 7) is 20.3. The molecule has 0 aromatic heterocycles. The van der Waals surface area contributed by atoms with Crippen molar-refractivity contribution in [3.05, 3.63) is 35.6 Å². The smallest absolute Gasteiger partial charge is 0.326 e. The number of thioether (sulfide) groups is 1. The van der Waals surface area contributed by atoms with Gasteiger partial charge >= 0.3 is 5.97 Å². The SMILES string of the molecule is CC[C@H](C)C([C@@H](CC(=O)N1CC2(CC2)C[C@H]1C(OC)[C@@H](C)C(=O)NC(Cc1ccccc1F)C(=O)O)OC)N(C)C(=O)[C@@H](NC(=O)[C@H](C(C)C)N(C)C(=O)CCCCCN1C(=O)CC(SCCCC(C)(C)C)C1=O)C(C)C. The van der Waals surface area contributed by atoms with Crippen molar-refractivity contribution in [3.63, 3.8) is 0 Å².